The Kier molecular flexibility index (Phi) is 9.41. The lowest BCUT2D eigenvalue weighted by Gasteiger charge is -2.23. The van der Waals surface area contributed by atoms with Crippen LogP contribution in [0, 0.1) is 0 Å². The third-order valence-corrected chi connectivity index (χ3v) is 5.64. The molecular weight excluding hydrogens is 372 g/mol. The lowest BCUT2D eigenvalue weighted by atomic mass is 10.1. The normalized spacial score (nSPS) is 11.0. The van der Waals surface area contributed by atoms with Gasteiger partial charge < -0.3 is 14.2 Å². The molecule has 0 aliphatic rings. The van der Waals surface area contributed by atoms with E-state index >= 15 is 0 Å². The number of ether oxygens (including phenoxy) is 1. The Labute approximate surface area is 172 Å². The molecule has 0 N–H and O–H groups in total. The second-order valence-electron chi connectivity index (χ2n) is 7.03. The molecule has 0 saturated carbocycles. The number of benzene rings is 1. The fourth-order valence-electron chi connectivity index (χ4n) is 3.55. The van der Waals surface area contributed by atoms with E-state index in [1.807, 2.05) is 29.8 Å². The number of rotatable bonds is 13. The molecule has 0 aliphatic heterocycles. The van der Waals surface area contributed by atoms with E-state index in [-0.39, 0.29) is 5.56 Å². The molecule has 28 heavy (non-hydrogen) atoms. The molecule has 0 atom stereocenters. The molecule has 2 aromatic rings. The van der Waals surface area contributed by atoms with Gasteiger partial charge in [0, 0.05) is 32.0 Å². The number of thioether (sulfide) groups is 1. The number of aromatic nitrogens is 1. The van der Waals surface area contributed by atoms with Crippen molar-refractivity contribution in [2.45, 2.75) is 52.0 Å². The van der Waals surface area contributed by atoms with Gasteiger partial charge in [0.2, 0.25) is 0 Å². The van der Waals surface area contributed by atoms with Crippen molar-refractivity contribution in [3.63, 3.8) is 0 Å². The first kappa shape index (κ1) is 22.3. The SMILES string of the molecule is CCCn1c(=O)cc(N(C)CCCCCCCSC=O)c2c(OC)cccc21. The zero-order valence-corrected chi connectivity index (χ0v) is 18.1. The second-order valence-corrected chi connectivity index (χ2v) is 7.96. The largest absolute Gasteiger partial charge is 0.496 e. The molecule has 1 heterocycles. The highest BCUT2D eigenvalue weighted by atomic mass is 32.2. The zero-order valence-electron chi connectivity index (χ0n) is 17.3. The van der Waals surface area contributed by atoms with E-state index < -0.39 is 0 Å². The number of hydrogen-bond donors (Lipinski definition) is 0. The molecule has 5 nitrogen and oxygen atoms in total. The van der Waals surface area contributed by atoms with Gasteiger partial charge in [0.1, 0.15) is 5.75 Å². The van der Waals surface area contributed by atoms with E-state index in [9.17, 15) is 9.59 Å². The minimum atomic E-state index is 0.0390. The fraction of sp³-hybridized carbons (Fsp3) is 0.545. The van der Waals surface area contributed by atoms with Crippen LogP contribution in [0.4, 0.5) is 5.69 Å². The Morgan fingerprint density at radius 1 is 1.18 bits per heavy atom. The molecule has 1 aromatic carbocycles. The van der Waals surface area contributed by atoms with Crippen molar-refractivity contribution in [3.05, 3.63) is 34.6 Å². The van der Waals surface area contributed by atoms with Crippen LogP contribution >= 0.6 is 11.8 Å². The van der Waals surface area contributed by atoms with E-state index in [1.165, 1.54) is 18.2 Å². The zero-order chi connectivity index (χ0) is 20.4. The lowest BCUT2D eigenvalue weighted by Crippen LogP contribution is -2.25. The van der Waals surface area contributed by atoms with E-state index in [2.05, 4.69) is 11.8 Å². The number of aryl methyl sites for hydroxylation is 1. The number of anilines is 1. The smallest absolute Gasteiger partial charge is 0.253 e. The van der Waals surface area contributed by atoms with Crippen LogP contribution < -0.4 is 15.2 Å². The minimum Gasteiger partial charge on any atom is -0.496 e. The third kappa shape index (κ3) is 5.77. The summed E-state index contributed by atoms with van der Waals surface area (Å²) in [5.74, 6) is 1.72. The van der Waals surface area contributed by atoms with Crippen LogP contribution in [0.2, 0.25) is 0 Å². The standard InChI is InChI=1S/C22H32N2O3S/c1-4-13-24-18-11-10-12-20(27-3)22(18)19(16-21(24)26)23(2)14-8-6-5-7-9-15-28-17-25/h10-12,16-17H,4-9,13-15H2,1-3H3. The number of carbonyl (C=O) groups excluding carboxylic acids is 1. The van der Waals surface area contributed by atoms with Crippen molar-refractivity contribution >= 4 is 34.0 Å². The van der Waals surface area contributed by atoms with Gasteiger partial charge in [-0.3, -0.25) is 9.59 Å². The maximum atomic E-state index is 12.7. The summed E-state index contributed by atoms with van der Waals surface area (Å²) in [5.41, 5.74) is 2.83. The van der Waals surface area contributed by atoms with Gasteiger partial charge in [-0.2, -0.15) is 0 Å². The van der Waals surface area contributed by atoms with Crippen molar-refractivity contribution in [3.8, 4) is 5.75 Å². The van der Waals surface area contributed by atoms with E-state index in [0.29, 0.717) is 6.54 Å². The van der Waals surface area contributed by atoms with E-state index in [0.717, 1.165) is 72.4 Å². The molecule has 1 aromatic heterocycles. The topological polar surface area (TPSA) is 51.5 Å². The maximum absolute atomic E-state index is 12.7. The highest BCUT2D eigenvalue weighted by molar-refractivity contribution is 8.11. The number of nitrogens with zero attached hydrogens (tertiary/aromatic N) is 2. The third-order valence-electron chi connectivity index (χ3n) is 4.98. The highest BCUT2D eigenvalue weighted by Gasteiger charge is 2.15. The Balaban J connectivity index is 2.11. The Morgan fingerprint density at radius 3 is 2.64 bits per heavy atom. The van der Waals surface area contributed by atoms with Crippen molar-refractivity contribution in [1.82, 2.24) is 4.57 Å². The molecule has 6 heteroatoms. The van der Waals surface area contributed by atoms with Crippen LogP contribution in [0.25, 0.3) is 10.9 Å². The summed E-state index contributed by atoms with van der Waals surface area (Å²) in [6.45, 7) is 3.68. The van der Waals surface area contributed by atoms with Gasteiger partial charge in [-0.15, -0.1) is 0 Å². The average Bonchev–Trinajstić information content (AvgIpc) is 2.71. The molecule has 0 amide bonds. The molecule has 0 aliphatic carbocycles. The predicted octanol–water partition coefficient (Wildman–Crippen LogP) is 4.73. The molecule has 0 unspecified atom stereocenters. The number of methoxy groups -OCH3 is 1. The van der Waals surface area contributed by atoms with E-state index in [1.54, 1.807) is 13.2 Å². The second kappa shape index (κ2) is 11.8. The molecule has 0 radical (unpaired) electrons. The van der Waals surface area contributed by atoms with E-state index in [4.69, 9.17) is 4.74 Å². The van der Waals surface area contributed by atoms with Gasteiger partial charge >= 0.3 is 0 Å². The van der Waals surface area contributed by atoms with Gasteiger partial charge in [0.05, 0.1) is 23.7 Å². The summed E-state index contributed by atoms with van der Waals surface area (Å²) in [7, 11) is 3.72. The van der Waals surface area contributed by atoms with Gasteiger partial charge in [-0.25, -0.2) is 0 Å². The van der Waals surface area contributed by atoms with Crippen LogP contribution in [-0.2, 0) is 11.3 Å². The fourth-order valence-corrected chi connectivity index (χ4v) is 4.01. The summed E-state index contributed by atoms with van der Waals surface area (Å²) in [6, 6.07) is 7.65. The number of hydrogen-bond acceptors (Lipinski definition) is 5. The maximum Gasteiger partial charge on any atom is 0.253 e. The van der Waals surface area contributed by atoms with Crippen LogP contribution in [0.15, 0.2) is 29.1 Å². The van der Waals surface area contributed by atoms with Crippen LogP contribution in [0.1, 0.15) is 45.4 Å². The molecular formula is C22H32N2O3S. The first-order chi connectivity index (χ1) is 13.6. The van der Waals surface area contributed by atoms with Crippen molar-refractivity contribution < 1.29 is 9.53 Å². The van der Waals surface area contributed by atoms with Crippen LogP contribution in [0.5, 0.6) is 5.75 Å². The molecule has 0 fully saturated rings. The number of pyridine rings is 1. The van der Waals surface area contributed by atoms with Gasteiger partial charge in [0.25, 0.3) is 5.56 Å². The summed E-state index contributed by atoms with van der Waals surface area (Å²) in [4.78, 5) is 25.2. The highest BCUT2D eigenvalue weighted by Crippen LogP contribution is 2.33. The van der Waals surface area contributed by atoms with Crippen LogP contribution in [0.3, 0.4) is 0 Å². The molecule has 0 saturated heterocycles. The quantitative estimate of drug-likeness (QED) is 0.357. The van der Waals surface area contributed by atoms with Crippen molar-refractivity contribution in [1.29, 1.82) is 0 Å². The summed E-state index contributed by atoms with van der Waals surface area (Å²) in [6.07, 6.45) is 6.57. The summed E-state index contributed by atoms with van der Waals surface area (Å²) < 4.78 is 7.45. The first-order valence-corrected chi connectivity index (χ1v) is 11.2. The first-order valence-electron chi connectivity index (χ1n) is 10.1. The Bertz CT molecular complexity index is 819. The van der Waals surface area contributed by atoms with Gasteiger partial charge in [0.15, 0.2) is 5.62 Å². The monoisotopic (exact) mass is 404 g/mol. The lowest BCUT2D eigenvalue weighted by molar-refractivity contribution is 0.419. The predicted molar refractivity (Wildman–Crippen MR) is 121 cm³/mol. The number of carbonyl (C=O) groups is 1. The van der Waals surface area contributed by atoms with Gasteiger partial charge in [-0.1, -0.05) is 44.0 Å². The van der Waals surface area contributed by atoms with Gasteiger partial charge in [-0.05, 0) is 31.4 Å². The molecule has 154 valence electrons. The van der Waals surface area contributed by atoms with Crippen molar-refractivity contribution in [2.75, 3.05) is 31.4 Å². The molecule has 0 bridgehead atoms. The summed E-state index contributed by atoms with van der Waals surface area (Å²) >= 11 is 1.35. The number of fused-ring (bicyclic) bond motifs is 1. The average molecular weight is 405 g/mol. The molecule has 0 spiro atoms. The molecule has 2 rings (SSSR count). The Hall–Kier alpha value is -1.95. The minimum absolute atomic E-state index is 0.0390. The summed E-state index contributed by atoms with van der Waals surface area (Å²) in [5, 5.41) is 1.01. The van der Waals surface area contributed by atoms with Crippen LogP contribution in [-0.4, -0.2) is 36.6 Å². The number of unbranched alkanes of at least 4 members (excludes halogenated alkanes) is 4. The Morgan fingerprint density at radius 2 is 1.93 bits per heavy atom. The van der Waals surface area contributed by atoms with Crippen molar-refractivity contribution in [2.24, 2.45) is 0 Å².